The number of hydrogen-bond acceptors (Lipinski definition) is 4. The Morgan fingerprint density at radius 3 is 2.39 bits per heavy atom. The Balaban J connectivity index is 0.00000280. The van der Waals surface area contributed by atoms with Crippen LogP contribution in [0.2, 0.25) is 0 Å². The minimum Gasteiger partial charge on any atom is -0.352 e. The zero-order chi connectivity index (χ0) is 19.2. The van der Waals surface area contributed by atoms with Crippen LogP contribution in [-0.4, -0.2) is 42.3 Å². The quantitative estimate of drug-likeness (QED) is 0.524. The molecular weight excluding hydrogens is 378 g/mol. The number of fused-ring (bicyclic) bond motifs is 1. The van der Waals surface area contributed by atoms with Crippen molar-refractivity contribution < 1.29 is 14.4 Å². The first-order valence-corrected chi connectivity index (χ1v) is 9.14. The SMILES string of the molecule is Cl.NCCCCNC(=O)c1ccc2c(c1)C(=O)N(CCc1ccccc1)C2=O. The molecule has 6 nitrogen and oxygen atoms in total. The molecule has 3 rings (SSSR count). The fourth-order valence-corrected chi connectivity index (χ4v) is 3.09. The number of benzene rings is 2. The molecule has 2 aromatic carbocycles. The Morgan fingerprint density at radius 1 is 0.964 bits per heavy atom. The molecule has 0 radical (unpaired) electrons. The van der Waals surface area contributed by atoms with Crippen molar-refractivity contribution in [2.24, 2.45) is 5.73 Å². The molecule has 0 spiro atoms. The number of hydrogen-bond donors (Lipinski definition) is 2. The van der Waals surface area contributed by atoms with E-state index in [2.05, 4.69) is 5.32 Å². The van der Waals surface area contributed by atoms with Crippen molar-refractivity contribution in [1.29, 1.82) is 0 Å². The Kier molecular flexibility index (Phi) is 7.72. The third kappa shape index (κ3) is 4.77. The fraction of sp³-hybridized carbons (Fsp3) is 0.286. The van der Waals surface area contributed by atoms with Crippen molar-refractivity contribution in [2.45, 2.75) is 19.3 Å². The molecule has 0 saturated heterocycles. The van der Waals surface area contributed by atoms with Crippen LogP contribution in [0.5, 0.6) is 0 Å². The number of nitrogens with zero attached hydrogens (tertiary/aromatic N) is 1. The largest absolute Gasteiger partial charge is 0.352 e. The molecule has 1 heterocycles. The van der Waals surface area contributed by atoms with Gasteiger partial charge in [0.1, 0.15) is 0 Å². The molecular formula is C21H24ClN3O3. The van der Waals surface area contributed by atoms with Crippen LogP contribution in [-0.2, 0) is 6.42 Å². The number of unbranched alkanes of at least 4 members (excludes halogenated alkanes) is 1. The molecule has 3 amide bonds. The van der Waals surface area contributed by atoms with Gasteiger partial charge in [-0.05, 0) is 49.6 Å². The Labute approximate surface area is 170 Å². The lowest BCUT2D eigenvalue weighted by atomic mass is 10.1. The highest BCUT2D eigenvalue weighted by Crippen LogP contribution is 2.24. The van der Waals surface area contributed by atoms with Gasteiger partial charge in [-0.25, -0.2) is 0 Å². The van der Waals surface area contributed by atoms with Crippen LogP contribution in [0.1, 0.15) is 49.5 Å². The summed E-state index contributed by atoms with van der Waals surface area (Å²) in [6.07, 6.45) is 2.24. The second kappa shape index (κ2) is 10.0. The number of nitrogens with one attached hydrogen (secondary N) is 1. The Morgan fingerprint density at radius 2 is 1.68 bits per heavy atom. The van der Waals surface area contributed by atoms with Gasteiger partial charge in [0, 0.05) is 18.7 Å². The molecule has 0 fully saturated rings. The van der Waals surface area contributed by atoms with Gasteiger partial charge in [0.05, 0.1) is 11.1 Å². The smallest absolute Gasteiger partial charge is 0.261 e. The van der Waals surface area contributed by atoms with Crippen molar-refractivity contribution in [3.05, 3.63) is 70.8 Å². The average molecular weight is 402 g/mol. The van der Waals surface area contributed by atoms with E-state index in [4.69, 9.17) is 5.73 Å². The van der Waals surface area contributed by atoms with Gasteiger partial charge in [-0.15, -0.1) is 12.4 Å². The monoisotopic (exact) mass is 401 g/mol. The first-order valence-electron chi connectivity index (χ1n) is 9.14. The zero-order valence-corrected chi connectivity index (χ0v) is 16.3. The average Bonchev–Trinajstić information content (AvgIpc) is 2.94. The maximum absolute atomic E-state index is 12.7. The minimum absolute atomic E-state index is 0. The van der Waals surface area contributed by atoms with E-state index in [9.17, 15) is 14.4 Å². The summed E-state index contributed by atoms with van der Waals surface area (Å²) in [6, 6.07) is 14.4. The molecule has 0 aliphatic carbocycles. The third-order valence-corrected chi connectivity index (χ3v) is 4.62. The third-order valence-electron chi connectivity index (χ3n) is 4.62. The molecule has 1 aliphatic rings. The molecule has 1 aliphatic heterocycles. The minimum atomic E-state index is -0.344. The predicted octanol–water partition coefficient (Wildman–Crippen LogP) is 2.42. The number of carbonyl (C=O) groups is 3. The molecule has 0 atom stereocenters. The lowest BCUT2D eigenvalue weighted by molar-refractivity contribution is 0.0656. The summed E-state index contributed by atoms with van der Waals surface area (Å²) >= 11 is 0. The fourth-order valence-electron chi connectivity index (χ4n) is 3.09. The van der Waals surface area contributed by atoms with Crippen LogP contribution in [0.15, 0.2) is 48.5 Å². The number of imide groups is 1. The molecule has 3 N–H and O–H groups in total. The molecule has 2 aromatic rings. The molecule has 7 heteroatoms. The second-order valence-corrected chi connectivity index (χ2v) is 6.51. The van der Waals surface area contributed by atoms with E-state index in [1.807, 2.05) is 30.3 Å². The second-order valence-electron chi connectivity index (χ2n) is 6.51. The van der Waals surface area contributed by atoms with Gasteiger partial charge < -0.3 is 11.1 Å². The topological polar surface area (TPSA) is 92.5 Å². The Hall–Kier alpha value is -2.70. The first kappa shape index (κ1) is 21.6. The number of halogens is 1. The summed E-state index contributed by atoms with van der Waals surface area (Å²) in [7, 11) is 0. The van der Waals surface area contributed by atoms with E-state index in [0.717, 1.165) is 18.4 Å². The number of nitrogens with two attached hydrogens (primary N) is 1. The maximum atomic E-state index is 12.7. The summed E-state index contributed by atoms with van der Waals surface area (Å²) in [5.74, 6) is -0.901. The van der Waals surface area contributed by atoms with Crippen molar-refractivity contribution in [1.82, 2.24) is 10.2 Å². The summed E-state index contributed by atoms with van der Waals surface area (Å²) < 4.78 is 0. The predicted molar refractivity (Wildman–Crippen MR) is 110 cm³/mol. The van der Waals surface area contributed by atoms with Crippen molar-refractivity contribution in [3.63, 3.8) is 0 Å². The summed E-state index contributed by atoms with van der Waals surface area (Å²) in [4.78, 5) is 38.7. The number of carbonyl (C=O) groups excluding carboxylic acids is 3. The number of amides is 3. The maximum Gasteiger partial charge on any atom is 0.261 e. The van der Waals surface area contributed by atoms with E-state index in [-0.39, 0.29) is 30.1 Å². The first-order chi connectivity index (χ1) is 13.1. The van der Waals surface area contributed by atoms with Crippen LogP contribution in [0.4, 0.5) is 0 Å². The standard InChI is InChI=1S/C21H23N3O3.ClH/c22-11-4-5-12-23-19(25)16-8-9-17-18(14-16)21(27)24(20(17)26)13-10-15-6-2-1-3-7-15;/h1-3,6-9,14H,4-5,10-13,22H2,(H,23,25);1H. The highest BCUT2D eigenvalue weighted by Gasteiger charge is 2.35. The molecule has 0 saturated carbocycles. The van der Waals surface area contributed by atoms with Crippen molar-refractivity contribution in [2.75, 3.05) is 19.6 Å². The van der Waals surface area contributed by atoms with E-state index in [1.165, 1.54) is 11.0 Å². The van der Waals surface area contributed by atoms with Crippen LogP contribution in [0.25, 0.3) is 0 Å². The highest BCUT2D eigenvalue weighted by molar-refractivity contribution is 6.22. The lowest BCUT2D eigenvalue weighted by Gasteiger charge is -2.13. The van der Waals surface area contributed by atoms with Gasteiger partial charge in [0.2, 0.25) is 0 Å². The zero-order valence-electron chi connectivity index (χ0n) is 15.5. The Bertz CT molecular complexity index is 855. The van der Waals surface area contributed by atoms with Crippen LogP contribution < -0.4 is 11.1 Å². The number of rotatable bonds is 8. The van der Waals surface area contributed by atoms with E-state index in [1.54, 1.807) is 12.1 Å². The molecule has 0 unspecified atom stereocenters. The lowest BCUT2D eigenvalue weighted by Crippen LogP contribution is -2.31. The van der Waals surface area contributed by atoms with E-state index < -0.39 is 0 Å². The van der Waals surface area contributed by atoms with Gasteiger partial charge in [0.15, 0.2) is 0 Å². The van der Waals surface area contributed by atoms with Gasteiger partial charge >= 0.3 is 0 Å². The van der Waals surface area contributed by atoms with Gasteiger partial charge in [-0.2, -0.15) is 0 Å². The normalized spacial score (nSPS) is 12.5. The van der Waals surface area contributed by atoms with Crippen molar-refractivity contribution in [3.8, 4) is 0 Å². The molecule has 0 bridgehead atoms. The summed E-state index contributed by atoms with van der Waals surface area (Å²) in [5.41, 5.74) is 7.53. The summed E-state index contributed by atoms with van der Waals surface area (Å²) in [6.45, 7) is 1.43. The van der Waals surface area contributed by atoms with E-state index in [0.29, 0.717) is 42.7 Å². The van der Waals surface area contributed by atoms with Crippen molar-refractivity contribution >= 4 is 30.1 Å². The summed E-state index contributed by atoms with van der Waals surface area (Å²) in [5, 5.41) is 2.80. The van der Waals surface area contributed by atoms with Crippen LogP contribution in [0, 0.1) is 0 Å². The van der Waals surface area contributed by atoms with Gasteiger partial charge in [-0.3, -0.25) is 19.3 Å². The molecule has 148 valence electrons. The van der Waals surface area contributed by atoms with Gasteiger partial charge in [-0.1, -0.05) is 30.3 Å². The molecule has 0 aromatic heterocycles. The van der Waals surface area contributed by atoms with E-state index >= 15 is 0 Å². The molecule has 28 heavy (non-hydrogen) atoms. The van der Waals surface area contributed by atoms with Crippen LogP contribution in [0.3, 0.4) is 0 Å². The highest BCUT2D eigenvalue weighted by atomic mass is 35.5. The van der Waals surface area contributed by atoms with Crippen LogP contribution >= 0.6 is 12.4 Å². The van der Waals surface area contributed by atoms with Gasteiger partial charge in [0.25, 0.3) is 17.7 Å².